The van der Waals surface area contributed by atoms with E-state index in [1.165, 1.54) is 6.07 Å². The molecule has 0 fully saturated rings. The normalized spacial score (nSPS) is 11.9. The van der Waals surface area contributed by atoms with Crippen LogP contribution in [0.25, 0.3) is 0 Å². The number of benzene rings is 2. The van der Waals surface area contributed by atoms with Crippen molar-refractivity contribution in [3.05, 3.63) is 59.2 Å². The van der Waals surface area contributed by atoms with Crippen LogP contribution in [-0.4, -0.2) is 12.0 Å². The Hall–Kier alpha value is -2.43. The van der Waals surface area contributed by atoms with Gasteiger partial charge in [0, 0.05) is 6.07 Å². The topological polar surface area (TPSA) is 38.3 Å². The largest absolute Gasteiger partial charge is 0.480 e. The van der Waals surface area contributed by atoms with Gasteiger partial charge in [0.2, 0.25) is 0 Å². The fourth-order valence-electron chi connectivity index (χ4n) is 2.21. The molecule has 3 nitrogen and oxygen atoms in total. The summed E-state index contributed by atoms with van der Waals surface area (Å²) in [5, 5.41) is 2.43. The Morgan fingerprint density at radius 3 is 2.52 bits per heavy atom. The van der Waals surface area contributed by atoms with E-state index in [1.807, 2.05) is 26.0 Å². The van der Waals surface area contributed by atoms with E-state index in [1.54, 1.807) is 13.0 Å². The van der Waals surface area contributed by atoms with Crippen LogP contribution in [0.4, 0.5) is 14.5 Å². The van der Waals surface area contributed by atoms with Crippen molar-refractivity contribution in [1.29, 1.82) is 0 Å². The molecule has 0 bridgehead atoms. The Bertz CT molecular complexity index is 716. The minimum absolute atomic E-state index is 0.0703. The van der Waals surface area contributed by atoms with Crippen LogP contribution >= 0.6 is 0 Å². The summed E-state index contributed by atoms with van der Waals surface area (Å²) in [4.78, 5) is 12.3. The maximum atomic E-state index is 13.6. The molecule has 122 valence electrons. The highest BCUT2D eigenvalue weighted by Gasteiger charge is 2.20. The number of hydrogen-bond acceptors (Lipinski definition) is 2. The quantitative estimate of drug-likeness (QED) is 0.888. The van der Waals surface area contributed by atoms with Gasteiger partial charge in [0.25, 0.3) is 5.91 Å². The van der Waals surface area contributed by atoms with Crippen LogP contribution in [0.15, 0.2) is 36.4 Å². The maximum Gasteiger partial charge on any atom is 0.265 e. The molecule has 0 saturated heterocycles. The van der Waals surface area contributed by atoms with Gasteiger partial charge in [0.1, 0.15) is 17.4 Å². The van der Waals surface area contributed by atoms with Crippen LogP contribution in [0, 0.1) is 25.5 Å². The van der Waals surface area contributed by atoms with E-state index in [4.69, 9.17) is 4.74 Å². The first kappa shape index (κ1) is 16.9. The molecule has 1 N–H and O–H groups in total. The van der Waals surface area contributed by atoms with Crippen LogP contribution in [0.5, 0.6) is 5.75 Å². The van der Waals surface area contributed by atoms with Gasteiger partial charge in [0.05, 0.1) is 5.69 Å². The molecule has 1 unspecified atom stereocenters. The average Bonchev–Trinajstić information content (AvgIpc) is 2.49. The van der Waals surface area contributed by atoms with Crippen molar-refractivity contribution >= 4 is 11.6 Å². The summed E-state index contributed by atoms with van der Waals surface area (Å²) < 4.78 is 32.3. The number of amides is 1. The second kappa shape index (κ2) is 7.22. The number of hydrogen-bond donors (Lipinski definition) is 1. The molecule has 0 saturated carbocycles. The monoisotopic (exact) mass is 319 g/mol. The highest BCUT2D eigenvalue weighted by Crippen LogP contribution is 2.22. The zero-order chi connectivity index (χ0) is 17.0. The molecular formula is C18H19F2NO2. The first-order valence-corrected chi connectivity index (χ1v) is 7.40. The van der Waals surface area contributed by atoms with Crippen molar-refractivity contribution in [2.24, 2.45) is 0 Å². The molecule has 0 aliphatic heterocycles. The van der Waals surface area contributed by atoms with Gasteiger partial charge in [-0.3, -0.25) is 4.79 Å². The third-order valence-corrected chi connectivity index (χ3v) is 3.45. The lowest BCUT2D eigenvalue weighted by molar-refractivity contribution is -0.122. The highest BCUT2D eigenvalue weighted by molar-refractivity contribution is 5.94. The summed E-state index contributed by atoms with van der Waals surface area (Å²) in [6.45, 7) is 5.67. The minimum Gasteiger partial charge on any atom is -0.480 e. The molecule has 5 heteroatoms. The number of nitrogens with one attached hydrogen (secondary N) is 1. The van der Waals surface area contributed by atoms with Crippen molar-refractivity contribution in [3.8, 4) is 5.75 Å². The third kappa shape index (κ3) is 4.28. The Balaban J connectivity index is 2.12. The number of ether oxygens (including phenoxy) is 1. The van der Waals surface area contributed by atoms with Crippen molar-refractivity contribution in [2.45, 2.75) is 33.3 Å². The van der Waals surface area contributed by atoms with Gasteiger partial charge in [0.15, 0.2) is 6.10 Å². The summed E-state index contributed by atoms with van der Waals surface area (Å²) in [7, 11) is 0. The van der Waals surface area contributed by atoms with Crippen LogP contribution in [0.2, 0.25) is 0 Å². The first-order chi connectivity index (χ1) is 10.9. The van der Waals surface area contributed by atoms with Gasteiger partial charge in [-0.05, 0) is 44.0 Å². The Labute approximate surface area is 134 Å². The second-order valence-corrected chi connectivity index (χ2v) is 5.40. The molecule has 2 aromatic rings. The Kier molecular flexibility index (Phi) is 5.32. The summed E-state index contributed by atoms with van der Waals surface area (Å²) in [6.07, 6.45) is -0.344. The van der Waals surface area contributed by atoms with Gasteiger partial charge in [-0.15, -0.1) is 0 Å². The van der Waals surface area contributed by atoms with Crippen LogP contribution in [0.1, 0.15) is 24.5 Å². The van der Waals surface area contributed by atoms with E-state index < -0.39 is 23.6 Å². The molecule has 2 rings (SSSR count). The predicted octanol–water partition coefficient (Wildman–Crippen LogP) is 4.38. The SMILES string of the molecule is CCC(Oc1ccc(C)cc1C)C(=O)Nc1ccc(F)cc1F. The molecular weight excluding hydrogens is 300 g/mol. The molecule has 0 radical (unpaired) electrons. The number of carbonyl (C=O) groups excluding carboxylic acids is 1. The maximum absolute atomic E-state index is 13.6. The minimum atomic E-state index is -0.820. The Morgan fingerprint density at radius 2 is 1.91 bits per heavy atom. The summed E-state index contributed by atoms with van der Waals surface area (Å²) in [5.74, 6) is -1.38. The van der Waals surface area contributed by atoms with E-state index >= 15 is 0 Å². The number of halogens is 2. The standard InChI is InChI=1S/C18H19F2NO2/c1-4-16(23-17-8-5-11(2)9-12(17)3)18(22)21-15-7-6-13(19)10-14(15)20/h5-10,16H,4H2,1-3H3,(H,21,22). The lowest BCUT2D eigenvalue weighted by Crippen LogP contribution is -2.32. The molecule has 2 aromatic carbocycles. The number of anilines is 1. The van der Waals surface area contributed by atoms with Crippen molar-refractivity contribution in [3.63, 3.8) is 0 Å². The van der Waals surface area contributed by atoms with Gasteiger partial charge in [-0.2, -0.15) is 0 Å². The zero-order valence-corrected chi connectivity index (χ0v) is 13.3. The predicted molar refractivity (Wildman–Crippen MR) is 85.6 cm³/mol. The van der Waals surface area contributed by atoms with Gasteiger partial charge < -0.3 is 10.1 Å². The summed E-state index contributed by atoms with van der Waals surface area (Å²) >= 11 is 0. The molecule has 0 spiro atoms. The average molecular weight is 319 g/mol. The van der Waals surface area contributed by atoms with Crippen molar-refractivity contribution in [2.75, 3.05) is 5.32 Å². The lowest BCUT2D eigenvalue weighted by atomic mass is 10.1. The van der Waals surface area contributed by atoms with E-state index in [-0.39, 0.29) is 5.69 Å². The molecule has 0 aliphatic rings. The molecule has 1 atom stereocenters. The fraction of sp³-hybridized carbons (Fsp3) is 0.278. The molecule has 0 heterocycles. The van der Waals surface area contributed by atoms with Crippen molar-refractivity contribution < 1.29 is 18.3 Å². The Morgan fingerprint density at radius 1 is 1.17 bits per heavy atom. The number of rotatable bonds is 5. The second-order valence-electron chi connectivity index (χ2n) is 5.40. The van der Waals surface area contributed by atoms with Crippen LogP contribution < -0.4 is 10.1 Å². The van der Waals surface area contributed by atoms with Gasteiger partial charge >= 0.3 is 0 Å². The number of carbonyl (C=O) groups is 1. The zero-order valence-electron chi connectivity index (χ0n) is 13.3. The lowest BCUT2D eigenvalue weighted by Gasteiger charge is -2.19. The van der Waals surface area contributed by atoms with Crippen LogP contribution in [-0.2, 0) is 4.79 Å². The smallest absolute Gasteiger partial charge is 0.265 e. The molecule has 0 aliphatic carbocycles. The fourth-order valence-corrected chi connectivity index (χ4v) is 2.21. The summed E-state index contributed by atoms with van der Waals surface area (Å²) in [6, 6.07) is 8.66. The molecule has 0 aromatic heterocycles. The number of aryl methyl sites for hydroxylation is 2. The van der Waals surface area contributed by atoms with Crippen LogP contribution in [0.3, 0.4) is 0 Å². The van der Waals surface area contributed by atoms with Crippen molar-refractivity contribution in [1.82, 2.24) is 0 Å². The molecule has 23 heavy (non-hydrogen) atoms. The van der Waals surface area contributed by atoms with Gasteiger partial charge in [-0.1, -0.05) is 24.6 Å². The van der Waals surface area contributed by atoms with Gasteiger partial charge in [-0.25, -0.2) is 8.78 Å². The van der Waals surface area contributed by atoms with E-state index in [2.05, 4.69) is 5.32 Å². The van der Waals surface area contributed by atoms with E-state index in [0.717, 1.165) is 23.3 Å². The first-order valence-electron chi connectivity index (χ1n) is 7.40. The van der Waals surface area contributed by atoms with E-state index in [0.29, 0.717) is 12.2 Å². The summed E-state index contributed by atoms with van der Waals surface area (Å²) in [5.41, 5.74) is 1.95. The highest BCUT2D eigenvalue weighted by atomic mass is 19.1. The third-order valence-electron chi connectivity index (χ3n) is 3.45. The van der Waals surface area contributed by atoms with E-state index in [9.17, 15) is 13.6 Å². The molecule has 1 amide bonds.